The highest BCUT2D eigenvalue weighted by atomic mass is 79.9. The lowest BCUT2D eigenvalue weighted by molar-refractivity contribution is -0.217. The third-order valence-corrected chi connectivity index (χ3v) is 6.98. The number of hydrogen-bond donors (Lipinski definition) is 2. The highest BCUT2D eigenvalue weighted by Gasteiger charge is 2.49. The number of carbonyl (C=O) groups excluding carboxylic acids is 3. The summed E-state index contributed by atoms with van der Waals surface area (Å²) in [7, 11) is 0. The van der Waals surface area contributed by atoms with Gasteiger partial charge in [-0.3, -0.25) is 9.59 Å². The fraction of sp³-hybridized carbons (Fsp3) is 0.560. The van der Waals surface area contributed by atoms with E-state index in [-0.39, 0.29) is 24.1 Å². The van der Waals surface area contributed by atoms with Gasteiger partial charge in [0, 0.05) is 13.0 Å². The molecule has 1 aromatic carbocycles. The van der Waals surface area contributed by atoms with Crippen LogP contribution in [0, 0.1) is 5.92 Å². The summed E-state index contributed by atoms with van der Waals surface area (Å²) in [4.78, 5) is 39.6. The summed E-state index contributed by atoms with van der Waals surface area (Å²) in [6.07, 6.45) is -0.990. The van der Waals surface area contributed by atoms with Crippen LogP contribution >= 0.6 is 15.9 Å². The predicted molar refractivity (Wildman–Crippen MR) is 131 cm³/mol. The summed E-state index contributed by atoms with van der Waals surface area (Å²) in [6, 6.07) is 8.52. The minimum atomic E-state index is -1.83. The highest BCUT2D eigenvalue weighted by molar-refractivity contribution is 9.11. The number of benzene rings is 1. The first-order valence-electron chi connectivity index (χ1n) is 11.9. The summed E-state index contributed by atoms with van der Waals surface area (Å²) < 4.78 is 21.9. The van der Waals surface area contributed by atoms with Gasteiger partial charge < -0.3 is 29.2 Å². The van der Waals surface area contributed by atoms with E-state index in [2.05, 4.69) is 15.9 Å². The average Bonchev–Trinajstić information content (AvgIpc) is 3.16. The first-order valence-corrected chi connectivity index (χ1v) is 12.7. The Balaban J connectivity index is 1.61. The molecule has 2 N–H and O–H groups in total. The average molecular weight is 570 g/mol. The van der Waals surface area contributed by atoms with Crippen molar-refractivity contribution in [3.63, 3.8) is 0 Å². The van der Waals surface area contributed by atoms with Crippen LogP contribution in [0.1, 0.15) is 38.4 Å². The van der Waals surface area contributed by atoms with Crippen molar-refractivity contribution < 1.29 is 43.5 Å². The van der Waals surface area contributed by atoms with E-state index >= 15 is 0 Å². The molecule has 2 heterocycles. The van der Waals surface area contributed by atoms with Gasteiger partial charge in [-0.1, -0.05) is 37.3 Å². The van der Waals surface area contributed by atoms with E-state index in [4.69, 9.17) is 24.1 Å². The van der Waals surface area contributed by atoms with Gasteiger partial charge in [-0.25, -0.2) is 9.69 Å². The summed E-state index contributed by atoms with van der Waals surface area (Å²) in [5.74, 6) is -3.99. The van der Waals surface area contributed by atoms with Gasteiger partial charge in [0.25, 0.3) is 0 Å². The number of amides is 2. The van der Waals surface area contributed by atoms with Crippen molar-refractivity contribution in [3.05, 3.63) is 46.5 Å². The first kappa shape index (κ1) is 28.4. The monoisotopic (exact) mass is 569 g/mol. The number of halogens is 1. The maximum Gasteiger partial charge on any atom is 0.417 e. The van der Waals surface area contributed by atoms with Crippen LogP contribution in [0.2, 0.25) is 0 Å². The Bertz CT molecular complexity index is 956. The maximum atomic E-state index is 13.3. The molecular weight excluding hydrogens is 538 g/mol. The number of aliphatic hydroxyl groups is 2. The minimum Gasteiger partial charge on any atom is -0.439 e. The summed E-state index contributed by atoms with van der Waals surface area (Å²) in [5, 5.41) is 19.8. The standard InChI is InChI=1S/C25H32BrNO9/c1-16(23(30)27-17(2)22(35-24(27)31)18-7-4-3-5-8-18)21-19(29)15-20(26)25(32,36-21)9-6-11-33-13-14-34-12-10-28/h3-5,7-8,15-17,21-22,28,32H,6,9-14H2,1-2H3/t16-,17-,21-,22-,25+/m1/s1. The van der Waals surface area contributed by atoms with Gasteiger partial charge in [-0.2, -0.15) is 0 Å². The fourth-order valence-electron chi connectivity index (χ4n) is 4.17. The molecule has 3 rings (SSSR count). The number of aliphatic hydroxyl groups excluding tert-OH is 1. The Labute approximate surface area is 218 Å². The normalized spacial score (nSPS) is 27.1. The molecule has 2 amide bonds. The second-order valence-corrected chi connectivity index (χ2v) is 9.58. The number of cyclic esters (lactones) is 1. The van der Waals surface area contributed by atoms with Crippen LogP contribution < -0.4 is 0 Å². The highest BCUT2D eigenvalue weighted by Crippen LogP contribution is 2.38. The van der Waals surface area contributed by atoms with E-state index in [9.17, 15) is 19.5 Å². The van der Waals surface area contributed by atoms with E-state index in [0.29, 0.717) is 26.2 Å². The molecule has 198 valence electrons. The summed E-state index contributed by atoms with van der Waals surface area (Å²) >= 11 is 3.21. The zero-order chi connectivity index (χ0) is 26.3. The van der Waals surface area contributed by atoms with Gasteiger partial charge in [0.2, 0.25) is 5.91 Å². The van der Waals surface area contributed by atoms with Crippen LogP contribution in [0.15, 0.2) is 40.9 Å². The number of nitrogens with zero attached hydrogens (tertiary/aromatic N) is 1. The number of hydrogen-bond acceptors (Lipinski definition) is 9. The van der Waals surface area contributed by atoms with Gasteiger partial charge in [0.15, 0.2) is 11.6 Å². The smallest absolute Gasteiger partial charge is 0.417 e. The van der Waals surface area contributed by atoms with Crippen molar-refractivity contribution >= 4 is 33.7 Å². The molecule has 36 heavy (non-hydrogen) atoms. The van der Waals surface area contributed by atoms with E-state index in [1.807, 2.05) is 30.3 Å². The Morgan fingerprint density at radius 2 is 1.83 bits per heavy atom. The lowest BCUT2D eigenvalue weighted by Crippen LogP contribution is -2.52. The van der Waals surface area contributed by atoms with Gasteiger partial charge in [-0.15, -0.1) is 0 Å². The van der Waals surface area contributed by atoms with Crippen LogP contribution in [0.3, 0.4) is 0 Å². The van der Waals surface area contributed by atoms with E-state index in [0.717, 1.165) is 10.5 Å². The molecule has 0 saturated carbocycles. The molecule has 2 aliphatic heterocycles. The van der Waals surface area contributed by atoms with Crippen molar-refractivity contribution in [2.24, 2.45) is 5.92 Å². The lowest BCUT2D eigenvalue weighted by atomic mass is 9.93. The van der Waals surface area contributed by atoms with Gasteiger partial charge in [-0.05, 0) is 40.9 Å². The molecule has 5 atom stereocenters. The molecule has 1 aromatic rings. The molecular formula is C25H32BrNO9. The Morgan fingerprint density at radius 1 is 1.17 bits per heavy atom. The van der Waals surface area contributed by atoms with Crippen molar-refractivity contribution in [2.75, 3.05) is 33.0 Å². The number of ether oxygens (including phenoxy) is 4. The van der Waals surface area contributed by atoms with E-state index in [1.54, 1.807) is 6.92 Å². The Hall–Kier alpha value is -2.15. The van der Waals surface area contributed by atoms with Crippen LogP contribution in [0.25, 0.3) is 0 Å². The third kappa shape index (κ3) is 6.58. The minimum absolute atomic E-state index is 0.0585. The van der Waals surface area contributed by atoms with Crippen LogP contribution in [-0.4, -0.2) is 83.9 Å². The van der Waals surface area contributed by atoms with E-state index < -0.39 is 47.7 Å². The van der Waals surface area contributed by atoms with Crippen molar-refractivity contribution in [1.82, 2.24) is 4.90 Å². The molecule has 0 aliphatic carbocycles. The van der Waals surface area contributed by atoms with Crippen molar-refractivity contribution in [3.8, 4) is 0 Å². The van der Waals surface area contributed by atoms with Crippen molar-refractivity contribution in [1.29, 1.82) is 0 Å². The van der Waals surface area contributed by atoms with Crippen LogP contribution in [-0.2, 0) is 28.5 Å². The first-order chi connectivity index (χ1) is 17.2. The Morgan fingerprint density at radius 3 is 2.50 bits per heavy atom. The molecule has 0 unspecified atom stereocenters. The number of rotatable bonds is 12. The van der Waals surface area contributed by atoms with Crippen LogP contribution in [0.5, 0.6) is 0 Å². The third-order valence-electron chi connectivity index (χ3n) is 6.14. The van der Waals surface area contributed by atoms with Crippen molar-refractivity contribution in [2.45, 2.75) is 50.7 Å². The molecule has 1 fully saturated rings. The molecule has 1 saturated heterocycles. The molecule has 2 aliphatic rings. The lowest BCUT2D eigenvalue weighted by Gasteiger charge is -2.37. The SMILES string of the molecule is C[C@@H]1[C@H](c2ccccc2)OC(=O)N1C(=O)[C@H](C)[C@H]1O[C@@](O)(CCCOCCOCCO)C(Br)=CC1=O. The molecule has 10 nitrogen and oxygen atoms in total. The van der Waals surface area contributed by atoms with Gasteiger partial charge in [0.05, 0.1) is 42.9 Å². The molecule has 11 heteroatoms. The van der Waals surface area contributed by atoms with Gasteiger partial charge in [0.1, 0.15) is 12.2 Å². The fourth-order valence-corrected chi connectivity index (χ4v) is 4.68. The van der Waals surface area contributed by atoms with Crippen LogP contribution in [0.4, 0.5) is 4.79 Å². The number of imide groups is 1. The largest absolute Gasteiger partial charge is 0.439 e. The molecule has 0 spiro atoms. The summed E-state index contributed by atoms with van der Waals surface area (Å²) in [6.45, 7) is 4.35. The number of carbonyl (C=O) groups is 3. The quantitative estimate of drug-likeness (QED) is 0.364. The van der Waals surface area contributed by atoms with Gasteiger partial charge >= 0.3 is 6.09 Å². The number of ketones is 1. The van der Waals surface area contributed by atoms with E-state index in [1.165, 1.54) is 13.0 Å². The zero-order valence-electron chi connectivity index (χ0n) is 20.3. The maximum absolute atomic E-state index is 13.3. The Kier molecular flexibility index (Phi) is 10.2. The molecule has 0 bridgehead atoms. The molecule has 0 radical (unpaired) electrons. The summed E-state index contributed by atoms with van der Waals surface area (Å²) in [5.41, 5.74) is 0.759. The second kappa shape index (κ2) is 12.9. The topological polar surface area (TPSA) is 132 Å². The predicted octanol–water partition coefficient (Wildman–Crippen LogP) is 2.47. The molecule has 0 aromatic heterocycles. The second-order valence-electron chi connectivity index (χ2n) is 8.72. The zero-order valence-corrected chi connectivity index (χ0v) is 21.9.